The zero-order valence-electron chi connectivity index (χ0n) is 6.70. The minimum absolute atomic E-state index is 0.274. The highest BCUT2D eigenvalue weighted by molar-refractivity contribution is 6.33. The number of carbonyl (C=O) groups is 1. The predicted molar refractivity (Wildman–Crippen MR) is 51.3 cm³/mol. The summed E-state index contributed by atoms with van der Waals surface area (Å²) in [7, 11) is 0. The van der Waals surface area contributed by atoms with E-state index < -0.39 is 0 Å². The van der Waals surface area contributed by atoms with Crippen molar-refractivity contribution >= 4 is 17.9 Å². The molecule has 0 aromatic rings. The number of aldehydes is 1. The molecule has 2 rings (SSSR count). The van der Waals surface area contributed by atoms with Crippen molar-refractivity contribution in [3.05, 3.63) is 41.0 Å². The molecule has 13 heavy (non-hydrogen) atoms. The Labute approximate surface area is 80.5 Å². The topological polar surface area (TPSA) is 30.0 Å². The average molecular weight is 192 g/mol. The fourth-order valence-corrected chi connectivity index (χ4v) is 1.49. The molecule has 3 heteroatoms. The number of hydrogen-bond donors (Lipinski definition) is 0. The zero-order valence-corrected chi connectivity index (χ0v) is 7.45. The van der Waals surface area contributed by atoms with Gasteiger partial charge >= 0.3 is 0 Å². The van der Waals surface area contributed by atoms with Crippen molar-refractivity contribution in [3.8, 4) is 11.3 Å². The van der Waals surface area contributed by atoms with Gasteiger partial charge in [0.15, 0.2) is 6.29 Å². The monoisotopic (exact) mass is 191 g/mol. The molecule has 1 aliphatic carbocycles. The van der Waals surface area contributed by atoms with Crippen LogP contribution in [-0.4, -0.2) is 11.3 Å². The summed E-state index contributed by atoms with van der Waals surface area (Å²) in [6, 6.07) is 9.25. The highest BCUT2D eigenvalue weighted by Crippen LogP contribution is 2.28. The zero-order chi connectivity index (χ0) is 9.26. The Morgan fingerprint density at radius 2 is 2.00 bits per heavy atom. The van der Waals surface area contributed by atoms with Gasteiger partial charge in [-0.2, -0.15) is 0 Å². The fourth-order valence-electron chi connectivity index (χ4n) is 1.25. The molecular weight excluding hydrogens is 186 g/mol. The summed E-state index contributed by atoms with van der Waals surface area (Å²) in [6.45, 7) is 0. The van der Waals surface area contributed by atoms with Crippen LogP contribution >= 0.6 is 11.6 Å². The maximum Gasteiger partial charge on any atom is 0.153 e. The van der Waals surface area contributed by atoms with Gasteiger partial charge in [-0.05, 0) is 6.07 Å². The summed E-state index contributed by atoms with van der Waals surface area (Å²) in [6.07, 6.45) is 0.734. The highest BCUT2D eigenvalue weighted by atomic mass is 35.5. The Morgan fingerprint density at radius 1 is 1.23 bits per heavy atom. The molecule has 64 valence electrons. The van der Waals surface area contributed by atoms with E-state index in [4.69, 9.17) is 11.6 Å². The van der Waals surface area contributed by atoms with Crippen LogP contribution in [0.3, 0.4) is 0 Å². The van der Waals surface area contributed by atoms with Crippen LogP contribution < -0.4 is 0 Å². The molecule has 0 amide bonds. The molecule has 1 heterocycles. The van der Waals surface area contributed by atoms with Crippen LogP contribution in [0, 0.1) is 0 Å². The van der Waals surface area contributed by atoms with E-state index in [-0.39, 0.29) is 5.15 Å². The molecule has 0 saturated heterocycles. The molecule has 0 atom stereocenters. The van der Waals surface area contributed by atoms with Crippen LogP contribution in [0.2, 0.25) is 5.15 Å². The van der Waals surface area contributed by atoms with E-state index in [0.29, 0.717) is 5.56 Å². The first kappa shape index (κ1) is 8.20. The molecule has 0 fully saturated rings. The lowest BCUT2D eigenvalue weighted by Gasteiger charge is -1.88. The van der Waals surface area contributed by atoms with Crippen LogP contribution in [0.1, 0.15) is 10.4 Å². The van der Waals surface area contributed by atoms with Crippen LogP contribution in [0.5, 0.6) is 0 Å². The van der Waals surface area contributed by atoms with Crippen LogP contribution in [0.15, 0.2) is 30.3 Å². The van der Waals surface area contributed by atoms with Gasteiger partial charge in [0.05, 0.1) is 11.3 Å². The maximum absolute atomic E-state index is 10.7. The Bertz CT molecular complexity index is 428. The van der Waals surface area contributed by atoms with Crippen molar-refractivity contribution in [2.75, 3.05) is 0 Å². The number of hydrogen-bond acceptors (Lipinski definition) is 2. The van der Waals surface area contributed by atoms with Crippen LogP contribution in [-0.2, 0) is 0 Å². The summed E-state index contributed by atoms with van der Waals surface area (Å²) in [5.74, 6) is 0. The van der Waals surface area contributed by atoms with Gasteiger partial charge in [-0.3, -0.25) is 4.79 Å². The minimum atomic E-state index is 0.274. The number of aromatic nitrogens is 1. The Hall–Kier alpha value is -1.41. The maximum atomic E-state index is 10.7. The third-order valence-corrected chi connectivity index (χ3v) is 2.15. The van der Waals surface area contributed by atoms with Crippen molar-refractivity contribution in [2.45, 2.75) is 0 Å². The summed E-state index contributed by atoms with van der Waals surface area (Å²) >= 11 is 5.77. The molecule has 0 spiro atoms. The number of fused-ring (bicyclic) bond motifs is 1. The second-order valence-electron chi connectivity index (χ2n) is 2.64. The molecule has 0 bridgehead atoms. The van der Waals surface area contributed by atoms with Gasteiger partial charge in [0.1, 0.15) is 5.15 Å². The van der Waals surface area contributed by atoms with E-state index >= 15 is 0 Å². The second kappa shape index (κ2) is 3.15. The second-order valence-corrected chi connectivity index (χ2v) is 3.00. The van der Waals surface area contributed by atoms with Gasteiger partial charge in [0, 0.05) is 5.56 Å². The predicted octanol–water partition coefficient (Wildman–Crippen LogP) is 2.65. The van der Waals surface area contributed by atoms with E-state index in [2.05, 4.69) is 4.98 Å². The Kier molecular flexibility index (Phi) is 1.99. The van der Waals surface area contributed by atoms with Crippen molar-refractivity contribution in [2.24, 2.45) is 0 Å². The van der Waals surface area contributed by atoms with Crippen LogP contribution in [0.4, 0.5) is 0 Å². The van der Waals surface area contributed by atoms with Crippen molar-refractivity contribution < 1.29 is 4.79 Å². The van der Waals surface area contributed by atoms with Gasteiger partial charge in [-0.15, -0.1) is 0 Å². The van der Waals surface area contributed by atoms with E-state index in [1.807, 2.05) is 30.3 Å². The standard InChI is InChI=1S/C10H6ClNO/c11-10-8(6-13)7-4-2-1-3-5-9(7)12-10/h1-6H. The van der Waals surface area contributed by atoms with E-state index in [1.54, 1.807) is 0 Å². The van der Waals surface area contributed by atoms with Crippen molar-refractivity contribution in [1.29, 1.82) is 0 Å². The Morgan fingerprint density at radius 3 is 2.77 bits per heavy atom. The van der Waals surface area contributed by atoms with Gasteiger partial charge < -0.3 is 0 Å². The minimum Gasteiger partial charge on any atom is -0.298 e. The SMILES string of the molecule is O=Cc1c2cccccc-2nc1Cl. The first-order valence-corrected chi connectivity index (χ1v) is 4.20. The van der Waals surface area contributed by atoms with Crippen molar-refractivity contribution in [1.82, 2.24) is 4.98 Å². The molecule has 0 aromatic heterocycles. The van der Waals surface area contributed by atoms with Gasteiger partial charge in [-0.1, -0.05) is 35.9 Å². The summed E-state index contributed by atoms with van der Waals surface area (Å²) < 4.78 is 0. The molecular formula is C10H6ClNO. The molecule has 2 aliphatic rings. The van der Waals surface area contributed by atoms with Gasteiger partial charge in [-0.25, -0.2) is 4.98 Å². The number of carbonyl (C=O) groups excluding carboxylic acids is 1. The quantitative estimate of drug-likeness (QED) is 0.649. The number of nitrogens with zero attached hydrogens (tertiary/aromatic N) is 1. The van der Waals surface area contributed by atoms with E-state index in [0.717, 1.165) is 17.5 Å². The number of rotatable bonds is 1. The summed E-state index contributed by atoms with van der Waals surface area (Å²) in [4.78, 5) is 14.7. The fraction of sp³-hybridized carbons (Fsp3) is 0. The third kappa shape index (κ3) is 1.29. The summed E-state index contributed by atoms with van der Waals surface area (Å²) in [5, 5.41) is 0.274. The highest BCUT2D eigenvalue weighted by Gasteiger charge is 2.13. The molecule has 0 aromatic carbocycles. The van der Waals surface area contributed by atoms with Gasteiger partial charge in [0.2, 0.25) is 0 Å². The largest absolute Gasteiger partial charge is 0.298 e. The summed E-state index contributed by atoms with van der Waals surface area (Å²) in [5.41, 5.74) is 2.01. The smallest absolute Gasteiger partial charge is 0.153 e. The molecule has 0 saturated carbocycles. The molecule has 0 N–H and O–H groups in total. The normalized spacial score (nSPS) is 10.2. The lowest BCUT2D eigenvalue weighted by atomic mass is 10.1. The third-order valence-electron chi connectivity index (χ3n) is 1.86. The van der Waals surface area contributed by atoms with Crippen LogP contribution in [0.25, 0.3) is 11.3 Å². The number of halogens is 1. The average Bonchev–Trinajstić information content (AvgIpc) is 2.32. The van der Waals surface area contributed by atoms with E-state index in [9.17, 15) is 4.79 Å². The van der Waals surface area contributed by atoms with Gasteiger partial charge in [0.25, 0.3) is 0 Å². The molecule has 2 nitrogen and oxygen atoms in total. The first-order valence-electron chi connectivity index (χ1n) is 3.82. The lowest BCUT2D eigenvalue weighted by Crippen LogP contribution is -1.77. The lowest BCUT2D eigenvalue weighted by molar-refractivity contribution is 0.112. The van der Waals surface area contributed by atoms with Crippen molar-refractivity contribution in [3.63, 3.8) is 0 Å². The van der Waals surface area contributed by atoms with E-state index in [1.165, 1.54) is 0 Å². The first-order chi connectivity index (χ1) is 6.33. The molecule has 0 radical (unpaired) electrons. The molecule has 1 aliphatic heterocycles. The molecule has 0 unspecified atom stereocenters. The Balaban J connectivity index is 2.79.